The third-order valence-electron chi connectivity index (χ3n) is 11.2. The highest BCUT2D eigenvalue weighted by Crippen LogP contribution is 2.33. The molecular formula is C38H64N9O4+. The Bertz CT molecular complexity index is 1370. The minimum atomic E-state index is -0.295. The van der Waals surface area contributed by atoms with E-state index in [1.54, 1.807) is 0 Å². The fourth-order valence-corrected chi connectivity index (χ4v) is 8.61. The van der Waals surface area contributed by atoms with E-state index >= 15 is 0 Å². The molecular weight excluding hydrogens is 646 g/mol. The number of rotatable bonds is 21. The van der Waals surface area contributed by atoms with Gasteiger partial charge in [0.25, 0.3) is 0 Å². The summed E-state index contributed by atoms with van der Waals surface area (Å²) in [6.07, 6.45) is 19.6. The Hall–Kier alpha value is -3.61. The summed E-state index contributed by atoms with van der Waals surface area (Å²) in [4.78, 5) is 43.7. The maximum Gasteiger partial charge on any atom is 0.341 e. The van der Waals surface area contributed by atoms with Gasteiger partial charge in [0.1, 0.15) is 11.6 Å². The van der Waals surface area contributed by atoms with Crippen molar-refractivity contribution < 1.29 is 24.0 Å². The molecule has 5 aliphatic rings. The first-order valence-corrected chi connectivity index (χ1v) is 19.9. The Morgan fingerprint density at radius 3 is 2.35 bits per heavy atom. The van der Waals surface area contributed by atoms with Gasteiger partial charge >= 0.3 is 17.9 Å². The summed E-state index contributed by atoms with van der Waals surface area (Å²) in [6.45, 7) is 6.29. The molecule has 0 aromatic rings. The Labute approximate surface area is 304 Å². The highest BCUT2D eigenvalue weighted by molar-refractivity contribution is 5.95. The molecule has 5 atom stereocenters. The van der Waals surface area contributed by atoms with Gasteiger partial charge in [0.15, 0.2) is 11.9 Å². The number of carbonyl (C=O) groups excluding carboxylic acids is 2. The van der Waals surface area contributed by atoms with E-state index in [2.05, 4.69) is 17.2 Å². The third kappa shape index (κ3) is 10.3. The van der Waals surface area contributed by atoms with E-state index in [0.717, 1.165) is 107 Å². The molecule has 2 unspecified atom stereocenters. The average Bonchev–Trinajstić information content (AvgIpc) is 3.76. The molecule has 0 radical (unpaired) electrons. The number of quaternary nitrogens is 1. The van der Waals surface area contributed by atoms with E-state index in [1.807, 2.05) is 11.8 Å². The van der Waals surface area contributed by atoms with E-state index in [0.29, 0.717) is 49.8 Å². The summed E-state index contributed by atoms with van der Waals surface area (Å²) in [7, 11) is 0. The van der Waals surface area contributed by atoms with Crippen LogP contribution in [-0.4, -0.2) is 85.2 Å². The Balaban J connectivity index is 1.01. The molecule has 13 heteroatoms. The van der Waals surface area contributed by atoms with Gasteiger partial charge in [-0.3, -0.25) is 15.2 Å². The Kier molecular flexibility index (Phi) is 14.6. The molecule has 51 heavy (non-hydrogen) atoms. The predicted octanol–water partition coefficient (Wildman–Crippen LogP) is 3.30. The van der Waals surface area contributed by atoms with Crippen LogP contribution in [0.2, 0.25) is 0 Å². The van der Waals surface area contributed by atoms with Gasteiger partial charge in [0.2, 0.25) is 0 Å². The van der Waals surface area contributed by atoms with Crippen LogP contribution in [0.25, 0.3) is 0 Å². The number of nitrogens with one attached hydrogen (secondary N) is 2. The number of fused-ring (bicyclic) bond motifs is 1. The second-order valence-corrected chi connectivity index (χ2v) is 15.0. The summed E-state index contributed by atoms with van der Waals surface area (Å²) in [6, 6.07) is 0.794. The summed E-state index contributed by atoms with van der Waals surface area (Å²) in [5.74, 6) is 1.14. The Morgan fingerprint density at radius 1 is 0.902 bits per heavy atom. The van der Waals surface area contributed by atoms with Crippen molar-refractivity contribution in [3.63, 3.8) is 0 Å². The maximum atomic E-state index is 13.3. The van der Waals surface area contributed by atoms with E-state index in [4.69, 9.17) is 36.7 Å². The third-order valence-corrected chi connectivity index (χ3v) is 11.2. The van der Waals surface area contributed by atoms with Crippen LogP contribution in [0.15, 0.2) is 37.5 Å². The summed E-state index contributed by atoms with van der Waals surface area (Å²) in [5, 5.41) is 3.52. The topological polar surface area (TPSA) is 187 Å². The van der Waals surface area contributed by atoms with Crippen molar-refractivity contribution in [2.24, 2.45) is 32.2 Å². The van der Waals surface area contributed by atoms with Crippen molar-refractivity contribution in [1.29, 1.82) is 0 Å². The van der Waals surface area contributed by atoms with E-state index in [-0.39, 0.29) is 30.0 Å². The van der Waals surface area contributed by atoms with Crippen LogP contribution >= 0.6 is 0 Å². The minimum Gasteiger partial charge on any atom is -0.462 e. The molecule has 0 amide bonds. The molecule has 5 rings (SSSR count). The number of hydrogen-bond acceptors (Lipinski definition) is 10. The number of ether oxygens (including phenoxy) is 2. The highest BCUT2D eigenvalue weighted by atomic mass is 16.5. The van der Waals surface area contributed by atoms with Crippen molar-refractivity contribution in [1.82, 2.24) is 10.2 Å². The number of allylic oxidation sites excluding steroid dienone is 2. The van der Waals surface area contributed by atoms with Crippen molar-refractivity contribution in [3.05, 3.63) is 22.5 Å². The lowest BCUT2D eigenvalue weighted by atomic mass is 9.96. The second-order valence-electron chi connectivity index (χ2n) is 15.0. The highest BCUT2D eigenvalue weighted by Gasteiger charge is 2.51. The molecule has 2 saturated heterocycles. The smallest absolute Gasteiger partial charge is 0.341 e. The van der Waals surface area contributed by atoms with Crippen LogP contribution in [-0.2, 0) is 19.1 Å². The molecule has 0 aromatic carbocycles. The van der Waals surface area contributed by atoms with Gasteiger partial charge in [-0.2, -0.15) is 0 Å². The lowest BCUT2D eigenvalue weighted by molar-refractivity contribution is -0.846. The zero-order valence-corrected chi connectivity index (χ0v) is 31.2. The minimum absolute atomic E-state index is 0.0695. The number of unbranched alkanes of at least 4 members (excludes halogenated alkanes) is 9. The Morgan fingerprint density at radius 2 is 1.59 bits per heavy atom. The van der Waals surface area contributed by atoms with Crippen LogP contribution < -0.4 is 27.4 Å². The summed E-state index contributed by atoms with van der Waals surface area (Å²) >= 11 is 0. The number of carbonyl (C=O) groups is 2. The van der Waals surface area contributed by atoms with Gasteiger partial charge in [-0.1, -0.05) is 64.7 Å². The van der Waals surface area contributed by atoms with Crippen molar-refractivity contribution in [2.75, 3.05) is 26.3 Å². The molecule has 5 heterocycles. The number of nitrogens with zero attached hydrogens (tertiary/aromatic N) is 4. The lowest BCUT2D eigenvalue weighted by Crippen LogP contribution is -3.22. The molecule has 2 fully saturated rings. The van der Waals surface area contributed by atoms with E-state index in [9.17, 15) is 9.59 Å². The van der Waals surface area contributed by atoms with E-state index < -0.39 is 0 Å². The van der Waals surface area contributed by atoms with Gasteiger partial charge in [0.05, 0.1) is 36.9 Å². The van der Waals surface area contributed by atoms with E-state index in [1.165, 1.54) is 43.4 Å². The predicted molar refractivity (Wildman–Crippen MR) is 201 cm³/mol. The number of nitrogens with two attached hydrogens (primary N) is 3. The van der Waals surface area contributed by atoms with Crippen LogP contribution in [0.4, 0.5) is 0 Å². The average molecular weight is 711 g/mol. The second kappa shape index (κ2) is 19.3. The zero-order chi connectivity index (χ0) is 36.2. The molecule has 13 nitrogen and oxygen atoms in total. The van der Waals surface area contributed by atoms with Crippen LogP contribution in [0.3, 0.4) is 0 Å². The van der Waals surface area contributed by atoms with Crippen LogP contribution in [0, 0.1) is 0 Å². The number of esters is 2. The van der Waals surface area contributed by atoms with Gasteiger partial charge < -0.3 is 31.6 Å². The number of hydrogen-bond donors (Lipinski definition) is 5. The lowest BCUT2D eigenvalue weighted by Gasteiger charge is -2.37. The SMILES string of the molecule is CCCCCCC[C@@H]1C[C@@H]2CCC3C(C(=O)OCCCCCCC[C@@H]4N=C(N)N5CCCC5=C4C(=O)OCCCCN=C(N)N)=C(C)NC(=N1)[NH+]32. The summed E-state index contributed by atoms with van der Waals surface area (Å²) < 4.78 is 11.5. The molecule has 8 N–H and O–H groups in total. The monoisotopic (exact) mass is 711 g/mol. The zero-order valence-electron chi connectivity index (χ0n) is 31.2. The van der Waals surface area contributed by atoms with Gasteiger partial charge in [0, 0.05) is 43.7 Å². The van der Waals surface area contributed by atoms with Gasteiger partial charge in [-0.05, 0) is 51.9 Å². The molecule has 0 aliphatic carbocycles. The standard InChI is InChI=1S/C38H63N9O4/c1-3-4-5-7-10-16-27-25-28-19-20-31-32(26(2)43-38(44-27)47(28)31)34(48)50-23-13-9-6-8-11-17-29-33(30-18-15-22-46(30)37(41)45-29)35(49)51-24-14-12-21-42-36(39)40/h27-29,31H,3-25H2,1-2H3,(H2,41,45)(H,43,44)(H4,39,40,42)/p+1/t27-,28+,29+,31?/m1/s1. The fraction of sp³-hybridized carbons (Fsp3) is 0.763. The molecule has 0 aromatic heterocycles. The first kappa shape index (κ1) is 38.6. The molecule has 0 saturated carbocycles. The van der Waals surface area contributed by atoms with Gasteiger partial charge in [-0.25, -0.2) is 19.6 Å². The quantitative estimate of drug-likeness (QED) is 0.0516. The molecule has 5 aliphatic heterocycles. The maximum absolute atomic E-state index is 13.3. The molecule has 284 valence electrons. The van der Waals surface area contributed by atoms with Crippen molar-refractivity contribution >= 4 is 29.8 Å². The van der Waals surface area contributed by atoms with Crippen LogP contribution in [0.5, 0.6) is 0 Å². The number of guanidine groups is 3. The fourth-order valence-electron chi connectivity index (χ4n) is 8.61. The van der Waals surface area contributed by atoms with Crippen molar-refractivity contribution in [3.8, 4) is 0 Å². The summed E-state index contributed by atoms with van der Waals surface area (Å²) in [5.41, 5.74) is 20.4. The van der Waals surface area contributed by atoms with Gasteiger partial charge in [-0.15, -0.1) is 0 Å². The first-order chi connectivity index (χ1) is 24.8. The normalized spacial score (nSPS) is 25.1. The largest absolute Gasteiger partial charge is 0.462 e. The molecule has 0 spiro atoms. The number of aliphatic imine (C=N–C) groups is 3. The van der Waals surface area contributed by atoms with Crippen LogP contribution in [0.1, 0.15) is 136 Å². The first-order valence-electron chi connectivity index (χ1n) is 19.9. The molecule has 0 bridgehead atoms. The van der Waals surface area contributed by atoms with Crippen molar-refractivity contribution in [2.45, 2.75) is 160 Å².